The van der Waals surface area contributed by atoms with Crippen LogP contribution in [0.25, 0.3) is 21.9 Å². The lowest BCUT2D eigenvalue weighted by Crippen LogP contribution is -2.36. The first-order valence-corrected chi connectivity index (χ1v) is 9.93. The Balaban J connectivity index is 1.92. The number of anilines is 1. The molecule has 4 rings (SSSR count). The van der Waals surface area contributed by atoms with E-state index in [0.717, 1.165) is 59.6 Å². The van der Waals surface area contributed by atoms with E-state index in [9.17, 15) is 0 Å². The highest BCUT2D eigenvalue weighted by Gasteiger charge is 2.18. The highest BCUT2D eigenvalue weighted by molar-refractivity contribution is 6.00. The van der Waals surface area contributed by atoms with E-state index in [1.807, 2.05) is 24.3 Å². The Bertz CT molecular complexity index is 1040. The zero-order chi connectivity index (χ0) is 21.1. The topological polar surface area (TPSA) is 49.4 Å². The lowest BCUT2D eigenvalue weighted by molar-refractivity contribution is 0.123. The van der Waals surface area contributed by atoms with Crippen LogP contribution in [0.15, 0.2) is 42.5 Å². The molecule has 0 aromatic heterocycles. The summed E-state index contributed by atoms with van der Waals surface area (Å²) in [6, 6.07) is 14.5. The quantitative estimate of drug-likeness (QED) is 0.602. The van der Waals surface area contributed by atoms with Gasteiger partial charge in [0.25, 0.3) is 0 Å². The molecular weight excluding hydrogens is 382 g/mol. The molecule has 3 aromatic carbocycles. The van der Waals surface area contributed by atoms with Crippen LogP contribution in [0.5, 0.6) is 23.0 Å². The van der Waals surface area contributed by atoms with Crippen LogP contribution < -0.4 is 23.8 Å². The summed E-state index contributed by atoms with van der Waals surface area (Å²) in [4.78, 5) is 2.36. The number of morpholine rings is 1. The van der Waals surface area contributed by atoms with Gasteiger partial charge in [0, 0.05) is 24.2 Å². The third-order valence-electron chi connectivity index (χ3n) is 5.50. The molecule has 0 unspecified atom stereocenters. The molecule has 1 aliphatic rings. The van der Waals surface area contributed by atoms with E-state index in [1.54, 1.807) is 28.4 Å². The van der Waals surface area contributed by atoms with E-state index >= 15 is 0 Å². The van der Waals surface area contributed by atoms with E-state index in [4.69, 9.17) is 23.7 Å². The van der Waals surface area contributed by atoms with Gasteiger partial charge in [-0.05, 0) is 52.9 Å². The largest absolute Gasteiger partial charge is 0.493 e. The number of benzene rings is 3. The Labute approximate surface area is 176 Å². The predicted octanol–water partition coefficient (Wildman–Crippen LogP) is 4.38. The van der Waals surface area contributed by atoms with Gasteiger partial charge in [-0.1, -0.05) is 6.07 Å². The maximum Gasteiger partial charge on any atom is 0.161 e. The lowest BCUT2D eigenvalue weighted by Gasteiger charge is -2.30. The fraction of sp³-hybridized carbons (Fsp3) is 0.333. The van der Waals surface area contributed by atoms with E-state index < -0.39 is 0 Å². The normalized spacial score (nSPS) is 13.9. The summed E-state index contributed by atoms with van der Waals surface area (Å²) in [5.41, 5.74) is 3.30. The van der Waals surface area contributed by atoms with Gasteiger partial charge in [0.05, 0.1) is 41.7 Å². The lowest BCUT2D eigenvalue weighted by atomic mass is 9.98. The molecule has 0 radical (unpaired) electrons. The third-order valence-corrected chi connectivity index (χ3v) is 5.50. The second kappa shape index (κ2) is 8.71. The van der Waals surface area contributed by atoms with Gasteiger partial charge in [-0.2, -0.15) is 0 Å². The highest BCUT2D eigenvalue weighted by atomic mass is 16.5. The molecule has 1 saturated heterocycles. The Morgan fingerprint density at radius 1 is 0.667 bits per heavy atom. The van der Waals surface area contributed by atoms with Crippen LogP contribution in [0.1, 0.15) is 0 Å². The molecule has 0 atom stereocenters. The second-order valence-corrected chi connectivity index (χ2v) is 7.09. The summed E-state index contributed by atoms with van der Waals surface area (Å²) >= 11 is 0. The summed E-state index contributed by atoms with van der Waals surface area (Å²) in [5.74, 6) is 2.85. The van der Waals surface area contributed by atoms with Crippen LogP contribution in [0.4, 0.5) is 5.69 Å². The van der Waals surface area contributed by atoms with Crippen molar-refractivity contribution in [3.63, 3.8) is 0 Å². The molecule has 0 amide bonds. The number of methoxy groups -OCH3 is 4. The summed E-state index contributed by atoms with van der Waals surface area (Å²) in [6.07, 6.45) is 0. The van der Waals surface area contributed by atoms with Crippen molar-refractivity contribution in [3.05, 3.63) is 42.5 Å². The van der Waals surface area contributed by atoms with E-state index in [-0.39, 0.29) is 0 Å². The van der Waals surface area contributed by atoms with Gasteiger partial charge in [-0.15, -0.1) is 0 Å². The molecule has 0 N–H and O–H groups in total. The molecule has 0 spiro atoms. The van der Waals surface area contributed by atoms with E-state index in [2.05, 4.69) is 23.1 Å². The molecular formula is C24H27NO5. The van der Waals surface area contributed by atoms with Gasteiger partial charge >= 0.3 is 0 Å². The molecule has 30 heavy (non-hydrogen) atoms. The summed E-state index contributed by atoms with van der Waals surface area (Å²) in [5, 5.41) is 2.21. The molecule has 1 aliphatic heterocycles. The number of rotatable bonds is 6. The van der Waals surface area contributed by atoms with Crippen LogP contribution in [0.2, 0.25) is 0 Å². The van der Waals surface area contributed by atoms with Gasteiger partial charge in [-0.25, -0.2) is 0 Å². The van der Waals surface area contributed by atoms with Crippen LogP contribution >= 0.6 is 0 Å². The number of ether oxygens (including phenoxy) is 5. The van der Waals surface area contributed by atoms with Crippen LogP contribution in [-0.4, -0.2) is 54.7 Å². The first-order valence-electron chi connectivity index (χ1n) is 9.93. The summed E-state index contributed by atoms with van der Waals surface area (Å²) in [6.45, 7) is 3.13. The molecule has 6 heteroatoms. The van der Waals surface area contributed by atoms with Gasteiger partial charge in [-0.3, -0.25) is 0 Å². The smallest absolute Gasteiger partial charge is 0.161 e. The minimum Gasteiger partial charge on any atom is -0.493 e. The van der Waals surface area contributed by atoms with Gasteiger partial charge in [0.2, 0.25) is 0 Å². The maximum absolute atomic E-state index is 5.57. The predicted molar refractivity (Wildman–Crippen MR) is 119 cm³/mol. The van der Waals surface area contributed by atoms with Crippen LogP contribution in [0.3, 0.4) is 0 Å². The van der Waals surface area contributed by atoms with Gasteiger partial charge in [0.1, 0.15) is 0 Å². The molecule has 0 saturated carbocycles. The SMILES string of the molecule is COc1ccc(-c2cc(N3CCOCC3)c3cc(OC)c(OC)cc3c2)cc1OC. The fourth-order valence-electron chi connectivity index (χ4n) is 3.92. The molecule has 0 aliphatic carbocycles. The van der Waals surface area contributed by atoms with E-state index in [1.165, 1.54) is 0 Å². The van der Waals surface area contributed by atoms with Crippen LogP contribution in [-0.2, 0) is 4.74 Å². The van der Waals surface area contributed by atoms with Crippen molar-refractivity contribution in [1.29, 1.82) is 0 Å². The molecule has 3 aromatic rings. The summed E-state index contributed by atoms with van der Waals surface area (Å²) < 4.78 is 27.6. The zero-order valence-corrected chi connectivity index (χ0v) is 17.9. The Hall–Kier alpha value is -3.12. The van der Waals surface area contributed by atoms with Crippen molar-refractivity contribution in [2.75, 3.05) is 59.6 Å². The second-order valence-electron chi connectivity index (χ2n) is 7.09. The van der Waals surface area contributed by atoms with Gasteiger partial charge < -0.3 is 28.6 Å². The monoisotopic (exact) mass is 409 g/mol. The average Bonchev–Trinajstić information content (AvgIpc) is 2.82. The molecule has 1 fully saturated rings. The number of nitrogens with zero attached hydrogens (tertiary/aromatic N) is 1. The Morgan fingerprint density at radius 3 is 1.97 bits per heavy atom. The summed E-state index contributed by atoms with van der Waals surface area (Å²) in [7, 11) is 6.61. The van der Waals surface area contributed by atoms with Gasteiger partial charge in [0.15, 0.2) is 23.0 Å². The van der Waals surface area contributed by atoms with Crippen molar-refractivity contribution < 1.29 is 23.7 Å². The molecule has 1 heterocycles. The number of hydrogen-bond donors (Lipinski definition) is 0. The first kappa shape index (κ1) is 20.2. The minimum absolute atomic E-state index is 0.704. The number of fused-ring (bicyclic) bond motifs is 1. The molecule has 0 bridgehead atoms. The Morgan fingerprint density at radius 2 is 1.30 bits per heavy atom. The number of hydrogen-bond acceptors (Lipinski definition) is 6. The van der Waals surface area contributed by atoms with Crippen molar-refractivity contribution in [3.8, 4) is 34.1 Å². The highest BCUT2D eigenvalue weighted by Crippen LogP contribution is 2.41. The molecule has 6 nitrogen and oxygen atoms in total. The van der Waals surface area contributed by atoms with Crippen molar-refractivity contribution in [1.82, 2.24) is 0 Å². The van der Waals surface area contributed by atoms with Crippen molar-refractivity contribution >= 4 is 16.5 Å². The minimum atomic E-state index is 0.704. The Kier molecular flexibility index (Phi) is 5.86. The average molecular weight is 409 g/mol. The van der Waals surface area contributed by atoms with Crippen molar-refractivity contribution in [2.45, 2.75) is 0 Å². The van der Waals surface area contributed by atoms with Crippen LogP contribution in [0, 0.1) is 0 Å². The molecule has 158 valence electrons. The zero-order valence-electron chi connectivity index (χ0n) is 17.9. The van der Waals surface area contributed by atoms with Crippen molar-refractivity contribution in [2.24, 2.45) is 0 Å². The fourth-order valence-corrected chi connectivity index (χ4v) is 3.92. The first-order chi connectivity index (χ1) is 14.7. The maximum atomic E-state index is 5.57. The van der Waals surface area contributed by atoms with E-state index in [0.29, 0.717) is 17.2 Å². The standard InChI is InChI=1S/C24H27NO5/c1-26-21-6-5-16(13-22(21)27-2)17-11-18-14-23(28-3)24(29-4)15-19(18)20(12-17)25-7-9-30-10-8-25/h5-6,11-15H,7-10H2,1-4H3. The third kappa shape index (κ3) is 3.71.